The first-order chi connectivity index (χ1) is 13.6. The van der Waals surface area contributed by atoms with Crippen molar-refractivity contribution in [2.24, 2.45) is 0 Å². The number of carboxylic acids is 1. The first kappa shape index (κ1) is 18.3. The van der Waals surface area contributed by atoms with Crippen molar-refractivity contribution in [2.75, 3.05) is 38.2 Å². The molecule has 7 heteroatoms. The molecule has 0 aliphatic carbocycles. The van der Waals surface area contributed by atoms with Gasteiger partial charge in [-0.3, -0.25) is 9.69 Å². The number of fused-ring (bicyclic) bond motifs is 1. The molecule has 6 nitrogen and oxygen atoms in total. The van der Waals surface area contributed by atoms with E-state index in [1.54, 1.807) is 19.4 Å². The lowest BCUT2D eigenvalue weighted by Gasteiger charge is -2.39. The molecular weight excluding hydrogens is 361 g/mol. The van der Waals surface area contributed by atoms with Crippen molar-refractivity contribution >= 4 is 22.6 Å². The van der Waals surface area contributed by atoms with Crippen molar-refractivity contribution in [2.45, 2.75) is 6.04 Å². The third kappa shape index (κ3) is 3.29. The van der Waals surface area contributed by atoms with Crippen LogP contribution in [0.15, 0.2) is 48.7 Å². The van der Waals surface area contributed by atoms with Crippen LogP contribution in [0.4, 0.5) is 10.1 Å². The minimum absolute atomic E-state index is 0.349. The van der Waals surface area contributed by atoms with Gasteiger partial charge in [0.05, 0.1) is 12.8 Å². The topological polar surface area (TPSA) is 68.8 Å². The molecule has 146 valence electrons. The molecule has 2 heterocycles. The number of halogens is 1. The van der Waals surface area contributed by atoms with Gasteiger partial charge in [0, 0.05) is 48.8 Å². The molecule has 2 aromatic carbocycles. The van der Waals surface area contributed by atoms with Crippen LogP contribution in [0, 0.1) is 5.82 Å². The fourth-order valence-corrected chi connectivity index (χ4v) is 3.95. The number of para-hydroxylation sites is 2. The number of hydrogen-bond donors (Lipinski definition) is 2. The number of aromatic nitrogens is 1. The van der Waals surface area contributed by atoms with E-state index in [4.69, 9.17) is 4.74 Å². The lowest BCUT2D eigenvalue weighted by Crippen LogP contribution is -2.49. The van der Waals surface area contributed by atoms with E-state index >= 15 is 0 Å². The van der Waals surface area contributed by atoms with Crippen LogP contribution in [0.25, 0.3) is 10.9 Å². The van der Waals surface area contributed by atoms with Crippen molar-refractivity contribution in [3.63, 3.8) is 0 Å². The van der Waals surface area contributed by atoms with Gasteiger partial charge < -0.3 is 19.7 Å². The molecular formula is C21H22FN3O3. The number of methoxy groups -OCH3 is 1. The molecule has 0 saturated carbocycles. The van der Waals surface area contributed by atoms with Gasteiger partial charge in [0.15, 0.2) is 0 Å². The largest absolute Gasteiger partial charge is 0.495 e. The monoisotopic (exact) mass is 383 g/mol. The van der Waals surface area contributed by atoms with Gasteiger partial charge in [-0.15, -0.1) is 0 Å². The number of nitrogens with zero attached hydrogens (tertiary/aromatic N) is 2. The van der Waals surface area contributed by atoms with Crippen molar-refractivity contribution in [3.8, 4) is 5.75 Å². The van der Waals surface area contributed by atoms with Crippen LogP contribution >= 0.6 is 0 Å². The smallest absolute Gasteiger partial charge is 0.325 e. The first-order valence-electron chi connectivity index (χ1n) is 9.20. The summed E-state index contributed by atoms with van der Waals surface area (Å²) in [5.74, 6) is -0.446. The van der Waals surface area contributed by atoms with Crippen molar-refractivity contribution in [1.82, 2.24) is 9.88 Å². The highest BCUT2D eigenvalue weighted by Crippen LogP contribution is 2.32. The molecule has 4 rings (SSSR count). The highest BCUT2D eigenvalue weighted by molar-refractivity contribution is 5.89. The van der Waals surface area contributed by atoms with Gasteiger partial charge in [-0.2, -0.15) is 0 Å². The summed E-state index contributed by atoms with van der Waals surface area (Å²) in [6, 6.07) is 11.4. The lowest BCUT2D eigenvalue weighted by atomic mass is 10.0. The van der Waals surface area contributed by atoms with Crippen LogP contribution in [0.1, 0.15) is 11.6 Å². The molecule has 1 aliphatic rings. The van der Waals surface area contributed by atoms with E-state index in [1.807, 2.05) is 29.2 Å². The van der Waals surface area contributed by atoms with Gasteiger partial charge in [0.25, 0.3) is 0 Å². The molecule has 1 atom stereocenters. The second kappa shape index (κ2) is 7.52. The van der Waals surface area contributed by atoms with E-state index in [0.29, 0.717) is 37.3 Å². The number of hydrogen-bond acceptors (Lipinski definition) is 4. The number of nitrogens with one attached hydrogen (secondary N) is 1. The highest BCUT2D eigenvalue weighted by Gasteiger charge is 2.32. The van der Waals surface area contributed by atoms with Gasteiger partial charge in [-0.1, -0.05) is 12.1 Å². The molecule has 2 N–H and O–H groups in total. The predicted octanol–water partition coefficient (Wildman–Crippen LogP) is 3.26. The Morgan fingerprint density at radius 3 is 2.64 bits per heavy atom. The fraction of sp³-hybridized carbons (Fsp3) is 0.286. The maximum atomic E-state index is 13.5. The summed E-state index contributed by atoms with van der Waals surface area (Å²) < 4.78 is 18.9. The summed E-state index contributed by atoms with van der Waals surface area (Å²) in [6.07, 6.45) is 1.68. The Morgan fingerprint density at radius 2 is 1.93 bits per heavy atom. The number of H-pyrrole nitrogens is 1. The van der Waals surface area contributed by atoms with Gasteiger partial charge >= 0.3 is 5.97 Å². The Labute approximate surface area is 162 Å². The molecule has 1 fully saturated rings. The SMILES string of the molecule is COc1ccccc1N1CCN([C@@H](C(=O)O)c2c[nH]c3cc(F)ccc23)CC1. The molecule has 1 aromatic heterocycles. The predicted molar refractivity (Wildman–Crippen MR) is 105 cm³/mol. The zero-order chi connectivity index (χ0) is 19.7. The molecule has 28 heavy (non-hydrogen) atoms. The number of carbonyl (C=O) groups is 1. The van der Waals surface area contributed by atoms with E-state index in [9.17, 15) is 14.3 Å². The van der Waals surface area contributed by atoms with Gasteiger partial charge in [-0.05, 0) is 30.3 Å². The summed E-state index contributed by atoms with van der Waals surface area (Å²) in [6.45, 7) is 2.59. The maximum absolute atomic E-state index is 13.5. The molecule has 0 spiro atoms. The molecule has 1 saturated heterocycles. The second-order valence-electron chi connectivity index (χ2n) is 6.87. The Morgan fingerprint density at radius 1 is 1.18 bits per heavy atom. The van der Waals surface area contributed by atoms with Crippen LogP contribution in [0.3, 0.4) is 0 Å². The molecule has 3 aromatic rings. The van der Waals surface area contributed by atoms with Crippen LogP contribution < -0.4 is 9.64 Å². The summed E-state index contributed by atoms with van der Waals surface area (Å²) in [4.78, 5) is 19.3. The number of aliphatic carboxylic acids is 1. The van der Waals surface area contributed by atoms with Crippen molar-refractivity contribution in [3.05, 3.63) is 60.0 Å². The minimum Gasteiger partial charge on any atom is -0.495 e. The van der Waals surface area contributed by atoms with Crippen LogP contribution in [0.5, 0.6) is 5.75 Å². The third-order valence-electron chi connectivity index (χ3n) is 5.31. The van der Waals surface area contributed by atoms with Crippen LogP contribution in [-0.2, 0) is 4.79 Å². The van der Waals surface area contributed by atoms with Crippen molar-refractivity contribution in [1.29, 1.82) is 0 Å². The lowest BCUT2D eigenvalue weighted by molar-refractivity contribution is -0.143. The Hall–Kier alpha value is -3.06. The maximum Gasteiger partial charge on any atom is 0.325 e. The van der Waals surface area contributed by atoms with Crippen LogP contribution in [-0.4, -0.2) is 54.2 Å². The summed E-state index contributed by atoms with van der Waals surface area (Å²) in [7, 11) is 1.65. The quantitative estimate of drug-likeness (QED) is 0.708. The van der Waals surface area contributed by atoms with E-state index < -0.39 is 12.0 Å². The number of anilines is 1. The van der Waals surface area contributed by atoms with Crippen molar-refractivity contribution < 1.29 is 19.0 Å². The molecule has 0 radical (unpaired) electrons. The Balaban J connectivity index is 1.56. The average Bonchev–Trinajstić information content (AvgIpc) is 3.11. The number of aromatic amines is 1. The third-order valence-corrected chi connectivity index (χ3v) is 5.31. The molecule has 1 aliphatic heterocycles. The average molecular weight is 383 g/mol. The van der Waals surface area contributed by atoms with E-state index in [2.05, 4.69) is 9.88 Å². The van der Waals surface area contributed by atoms with Gasteiger partial charge in [0.1, 0.15) is 17.6 Å². The summed E-state index contributed by atoms with van der Waals surface area (Å²) in [5.41, 5.74) is 2.28. The van der Waals surface area contributed by atoms with E-state index in [1.165, 1.54) is 12.1 Å². The minimum atomic E-state index is -0.907. The Kier molecular flexibility index (Phi) is 4.92. The normalized spacial score (nSPS) is 16.3. The number of rotatable bonds is 5. The summed E-state index contributed by atoms with van der Waals surface area (Å²) in [5, 5.41) is 10.7. The zero-order valence-electron chi connectivity index (χ0n) is 15.6. The highest BCUT2D eigenvalue weighted by atomic mass is 19.1. The Bertz CT molecular complexity index is 995. The van der Waals surface area contributed by atoms with E-state index in [-0.39, 0.29) is 5.82 Å². The number of ether oxygens (including phenoxy) is 1. The fourth-order valence-electron chi connectivity index (χ4n) is 3.95. The number of carboxylic acid groups (broad SMARTS) is 1. The van der Waals surface area contributed by atoms with Crippen LogP contribution in [0.2, 0.25) is 0 Å². The van der Waals surface area contributed by atoms with Gasteiger partial charge in [-0.25, -0.2) is 4.39 Å². The molecule has 0 bridgehead atoms. The standard InChI is InChI=1S/C21H22FN3O3/c1-28-19-5-3-2-4-18(19)24-8-10-25(11-9-24)20(21(26)27)16-13-23-17-12-14(22)6-7-15(16)17/h2-7,12-13,20,23H,8-11H2,1H3,(H,26,27)/t20-/m1/s1. The zero-order valence-corrected chi connectivity index (χ0v) is 15.6. The first-order valence-corrected chi connectivity index (χ1v) is 9.20. The number of benzene rings is 2. The summed E-state index contributed by atoms with van der Waals surface area (Å²) >= 11 is 0. The molecule has 0 amide bonds. The number of piperazine rings is 1. The van der Waals surface area contributed by atoms with E-state index in [0.717, 1.165) is 16.8 Å². The second-order valence-corrected chi connectivity index (χ2v) is 6.87. The molecule has 0 unspecified atom stereocenters. The van der Waals surface area contributed by atoms with Gasteiger partial charge in [0.2, 0.25) is 0 Å².